The first-order valence-electron chi connectivity index (χ1n) is 7.63. The zero-order chi connectivity index (χ0) is 15.0. The van der Waals surface area contributed by atoms with Crippen molar-refractivity contribution in [3.63, 3.8) is 0 Å². The van der Waals surface area contributed by atoms with Crippen LogP contribution in [0.15, 0.2) is 28.7 Å². The largest absolute Gasteiger partial charge is 0.296 e. The summed E-state index contributed by atoms with van der Waals surface area (Å²) in [6.07, 6.45) is 4.69. The van der Waals surface area contributed by atoms with Gasteiger partial charge >= 0.3 is 0 Å². The van der Waals surface area contributed by atoms with Crippen LogP contribution in [0.3, 0.4) is 0 Å². The van der Waals surface area contributed by atoms with E-state index in [4.69, 9.17) is 0 Å². The minimum absolute atomic E-state index is 0.108. The fourth-order valence-corrected chi connectivity index (χ4v) is 4.60. The Morgan fingerprint density at radius 3 is 2.86 bits per heavy atom. The van der Waals surface area contributed by atoms with Crippen LogP contribution in [0.5, 0.6) is 0 Å². The highest BCUT2D eigenvalue weighted by Gasteiger charge is 2.52. The summed E-state index contributed by atoms with van der Waals surface area (Å²) in [5.74, 6) is 0.201. The van der Waals surface area contributed by atoms with E-state index in [9.17, 15) is 9.59 Å². The Bertz CT molecular complexity index is 586. The normalized spacial score (nSPS) is 32.5. The topological polar surface area (TPSA) is 46.2 Å². The smallest absolute Gasteiger partial charge is 0.234 e. The maximum Gasteiger partial charge on any atom is 0.234 e. The van der Waals surface area contributed by atoms with Crippen LogP contribution in [-0.4, -0.2) is 11.8 Å². The second kappa shape index (κ2) is 5.56. The lowest BCUT2D eigenvalue weighted by atomic mass is 9.65. The summed E-state index contributed by atoms with van der Waals surface area (Å²) in [6.45, 7) is 2.20. The lowest BCUT2D eigenvalue weighted by molar-refractivity contribution is -0.140. The first-order chi connectivity index (χ1) is 10.0. The Hall–Kier alpha value is -1.16. The van der Waals surface area contributed by atoms with Crippen molar-refractivity contribution in [2.24, 2.45) is 11.3 Å². The summed E-state index contributed by atoms with van der Waals surface area (Å²) in [6, 6.07) is 7.95. The number of piperidine rings is 1. The van der Waals surface area contributed by atoms with Crippen molar-refractivity contribution in [2.75, 3.05) is 0 Å². The Labute approximate surface area is 133 Å². The van der Waals surface area contributed by atoms with Gasteiger partial charge in [0.25, 0.3) is 0 Å². The van der Waals surface area contributed by atoms with Crippen LogP contribution in [0, 0.1) is 11.3 Å². The summed E-state index contributed by atoms with van der Waals surface area (Å²) in [7, 11) is 0. The van der Waals surface area contributed by atoms with Gasteiger partial charge in [0.05, 0.1) is 5.92 Å². The zero-order valence-electron chi connectivity index (χ0n) is 12.2. The quantitative estimate of drug-likeness (QED) is 0.826. The fraction of sp³-hybridized carbons (Fsp3) is 0.529. The van der Waals surface area contributed by atoms with Crippen molar-refractivity contribution in [3.8, 4) is 0 Å². The Balaban J connectivity index is 2.02. The molecule has 3 atom stereocenters. The molecule has 112 valence electrons. The highest BCUT2D eigenvalue weighted by Crippen LogP contribution is 2.55. The molecule has 1 heterocycles. The van der Waals surface area contributed by atoms with Gasteiger partial charge in [-0.15, -0.1) is 0 Å². The maximum atomic E-state index is 12.5. The van der Waals surface area contributed by atoms with Crippen LogP contribution in [0.1, 0.15) is 50.5 Å². The van der Waals surface area contributed by atoms with Gasteiger partial charge in [-0.2, -0.15) is 0 Å². The lowest BCUT2D eigenvalue weighted by Gasteiger charge is -2.40. The summed E-state index contributed by atoms with van der Waals surface area (Å²) in [4.78, 5) is 24.5. The summed E-state index contributed by atoms with van der Waals surface area (Å²) in [5, 5.41) is 2.54. The van der Waals surface area contributed by atoms with E-state index < -0.39 is 0 Å². The van der Waals surface area contributed by atoms with E-state index in [1.54, 1.807) is 0 Å². The van der Waals surface area contributed by atoms with E-state index in [0.717, 1.165) is 35.7 Å². The van der Waals surface area contributed by atoms with E-state index in [1.165, 1.54) is 0 Å². The molecule has 0 radical (unpaired) electrons. The number of carbonyl (C=O) groups is 2. The predicted octanol–water partition coefficient (Wildman–Crippen LogP) is 3.78. The van der Waals surface area contributed by atoms with E-state index in [2.05, 4.69) is 28.2 Å². The molecule has 2 amide bonds. The predicted molar refractivity (Wildman–Crippen MR) is 84.7 cm³/mol. The third-order valence-electron chi connectivity index (χ3n) is 5.15. The second-order valence-electron chi connectivity index (χ2n) is 6.46. The summed E-state index contributed by atoms with van der Waals surface area (Å²) >= 11 is 3.48. The molecule has 1 aromatic rings. The van der Waals surface area contributed by atoms with Crippen LogP contribution in [-0.2, 0) is 9.59 Å². The van der Waals surface area contributed by atoms with Crippen molar-refractivity contribution in [2.45, 2.75) is 44.9 Å². The average Bonchev–Trinajstić information content (AvgIpc) is 2.81. The van der Waals surface area contributed by atoms with E-state index in [-0.39, 0.29) is 23.1 Å². The first kappa shape index (κ1) is 14.8. The molecule has 1 spiro atoms. The highest BCUT2D eigenvalue weighted by atomic mass is 79.9. The molecule has 3 rings (SSSR count). The first-order valence-corrected chi connectivity index (χ1v) is 8.42. The van der Waals surface area contributed by atoms with Crippen molar-refractivity contribution >= 4 is 27.7 Å². The molecule has 0 aromatic heterocycles. The molecular formula is C17H20BrNO2. The summed E-state index contributed by atoms with van der Waals surface area (Å²) in [5.41, 5.74) is 0.840. The third kappa shape index (κ3) is 2.66. The van der Waals surface area contributed by atoms with Crippen LogP contribution in [0.25, 0.3) is 0 Å². The molecule has 2 fully saturated rings. The number of imide groups is 1. The van der Waals surface area contributed by atoms with Gasteiger partial charge < -0.3 is 0 Å². The second-order valence-corrected chi connectivity index (χ2v) is 7.37. The molecule has 1 saturated carbocycles. The van der Waals surface area contributed by atoms with Crippen LogP contribution < -0.4 is 5.32 Å². The minimum Gasteiger partial charge on any atom is -0.296 e. The molecule has 1 N–H and O–H groups in total. The fourth-order valence-electron chi connectivity index (χ4n) is 4.19. The summed E-state index contributed by atoms with van der Waals surface area (Å²) < 4.78 is 0.977. The van der Waals surface area contributed by atoms with Crippen LogP contribution in [0.4, 0.5) is 0 Å². The van der Waals surface area contributed by atoms with E-state index >= 15 is 0 Å². The number of halogens is 1. The number of benzene rings is 1. The Morgan fingerprint density at radius 2 is 2.19 bits per heavy atom. The van der Waals surface area contributed by atoms with Crippen LogP contribution in [0.2, 0.25) is 0 Å². The van der Waals surface area contributed by atoms with Crippen LogP contribution >= 0.6 is 15.9 Å². The molecule has 3 unspecified atom stereocenters. The van der Waals surface area contributed by atoms with Gasteiger partial charge in [-0.05, 0) is 48.3 Å². The maximum absolute atomic E-state index is 12.5. The molecular weight excluding hydrogens is 330 g/mol. The molecule has 1 aliphatic carbocycles. The van der Waals surface area contributed by atoms with Crippen molar-refractivity contribution in [3.05, 3.63) is 34.3 Å². The number of carbonyl (C=O) groups excluding carboxylic acids is 2. The number of amides is 2. The molecule has 3 nitrogen and oxygen atoms in total. The molecule has 1 saturated heterocycles. The molecule has 0 bridgehead atoms. The number of hydrogen-bond acceptors (Lipinski definition) is 2. The van der Waals surface area contributed by atoms with Gasteiger partial charge in [-0.3, -0.25) is 14.9 Å². The molecule has 4 heteroatoms. The van der Waals surface area contributed by atoms with Crippen molar-refractivity contribution < 1.29 is 9.59 Å². The Morgan fingerprint density at radius 1 is 1.38 bits per heavy atom. The van der Waals surface area contributed by atoms with E-state index in [0.29, 0.717) is 12.3 Å². The van der Waals surface area contributed by atoms with E-state index in [1.807, 2.05) is 24.3 Å². The monoisotopic (exact) mass is 349 g/mol. The minimum atomic E-state index is -0.204. The number of hydrogen-bond donors (Lipinski definition) is 1. The highest BCUT2D eigenvalue weighted by molar-refractivity contribution is 9.10. The third-order valence-corrected chi connectivity index (χ3v) is 5.65. The van der Waals surface area contributed by atoms with Gasteiger partial charge in [0.2, 0.25) is 11.8 Å². The van der Waals surface area contributed by atoms with Gasteiger partial charge in [0.15, 0.2) is 0 Å². The zero-order valence-corrected chi connectivity index (χ0v) is 13.8. The SMILES string of the molecule is CCC1CCC2(CC(=O)NC(=O)C2c2cccc(Br)c2)C1. The van der Waals surface area contributed by atoms with Gasteiger partial charge in [0.1, 0.15) is 0 Å². The van der Waals surface area contributed by atoms with Crippen molar-refractivity contribution in [1.82, 2.24) is 5.32 Å². The molecule has 1 aromatic carbocycles. The number of nitrogens with one attached hydrogen (secondary N) is 1. The Kier molecular flexibility index (Phi) is 3.91. The lowest BCUT2D eigenvalue weighted by Crippen LogP contribution is -2.49. The van der Waals surface area contributed by atoms with Gasteiger partial charge in [-0.1, -0.05) is 41.4 Å². The average molecular weight is 350 g/mol. The molecule has 2 aliphatic rings. The standard InChI is InChI=1S/C17H20BrNO2/c1-2-11-6-7-17(9-11)10-14(20)19-16(21)15(17)12-4-3-5-13(18)8-12/h3-5,8,11,15H,2,6-7,9-10H2,1H3,(H,19,20,21). The molecule has 1 aliphatic heterocycles. The van der Waals surface area contributed by atoms with Gasteiger partial charge in [0, 0.05) is 10.9 Å². The number of rotatable bonds is 2. The molecule has 21 heavy (non-hydrogen) atoms. The van der Waals surface area contributed by atoms with Gasteiger partial charge in [-0.25, -0.2) is 0 Å². The van der Waals surface area contributed by atoms with Crippen molar-refractivity contribution in [1.29, 1.82) is 0 Å².